The summed E-state index contributed by atoms with van der Waals surface area (Å²) in [6.45, 7) is 4.09. The van der Waals surface area contributed by atoms with Crippen molar-refractivity contribution in [2.24, 2.45) is 5.92 Å². The van der Waals surface area contributed by atoms with E-state index in [9.17, 15) is 5.11 Å². The molecule has 2 heterocycles. The molecule has 0 spiro atoms. The number of ether oxygens (including phenoxy) is 2. The van der Waals surface area contributed by atoms with Crippen molar-refractivity contribution >= 4 is 0 Å². The van der Waals surface area contributed by atoms with E-state index in [-0.39, 0.29) is 6.10 Å². The highest BCUT2D eigenvalue weighted by atomic mass is 16.5. The smallest absolute Gasteiger partial charge is 0.161 e. The number of piperidine rings is 1. The molecule has 3 atom stereocenters. The first kappa shape index (κ1) is 17.3. The van der Waals surface area contributed by atoms with Crippen LogP contribution in [0.15, 0.2) is 24.3 Å². The van der Waals surface area contributed by atoms with Gasteiger partial charge in [0, 0.05) is 19.1 Å². The Bertz CT molecular complexity index is 599. The first-order chi connectivity index (χ1) is 11.7. The molecular formula is C20H29NO3. The summed E-state index contributed by atoms with van der Waals surface area (Å²) in [4.78, 5) is 2.54. The second-order valence-corrected chi connectivity index (χ2v) is 6.88. The van der Waals surface area contributed by atoms with Gasteiger partial charge in [-0.2, -0.15) is 0 Å². The molecule has 1 aromatic rings. The number of aliphatic hydroxyl groups is 1. The lowest BCUT2D eigenvalue weighted by atomic mass is 9.80. The second kappa shape index (κ2) is 7.58. The summed E-state index contributed by atoms with van der Waals surface area (Å²) in [5, 5.41) is 10.7. The molecule has 4 heteroatoms. The number of rotatable bonds is 5. The maximum absolute atomic E-state index is 10.7. The third-order valence-corrected chi connectivity index (χ3v) is 5.53. The number of nitrogens with zero attached hydrogens (tertiary/aromatic N) is 1. The summed E-state index contributed by atoms with van der Waals surface area (Å²) in [5.41, 5.74) is 2.62. The van der Waals surface area contributed by atoms with Crippen molar-refractivity contribution in [2.45, 2.75) is 44.8 Å². The van der Waals surface area contributed by atoms with E-state index in [1.165, 1.54) is 11.1 Å². The minimum Gasteiger partial charge on any atom is -0.493 e. The van der Waals surface area contributed by atoms with Crippen molar-refractivity contribution in [3.05, 3.63) is 35.4 Å². The zero-order chi connectivity index (χ0) is 17.1. The maximum atomic E-state index is 10.7. The number of aliphatic hydroxyl groups excluding tert-OH is 1. The Balaban J connectivity index is 1.80. The number of fused-ring (bicyclic) bond motifs is 3. The predicted molar refractivity (Wildman–Crippen MR) is 95.7 cm³/mol. The molecule has 2 aliphatic rings. The molecule has 132 valence electrons. The highest BCUT2D eigenvalue weighted by Crippen LogP contribution is 2.43. The van der Waals surface area contributed by atoms with Crippen molar-refractivity contribution in [3.63, 3.8) is 0 Å². The molecule has 0 saturated carbocycles. The number of allylic oxidation sites excluding steroid dienone is 2. The predicted octanol–water partition coefficient (Wildman–Crippen LogP) is 3.34. The molecule has 0 bridgehead atoms. The third-order valence-electron chi connectivity index (χ3n) is 5.53. The summed E-state index contributed by atoms with van der Waals surface area (Å²) >= 11 is 0. The highest BCUT2D eigenvalue weighted by molar-refractivity contribution is 5.49. The van der Waals surface area contributed by atoms with Gasteiger partial charge >= 0.3 is 0 Å². The lowest BCUT2D eigenvalue weighted by Gasteiger charge is -2.46. The van der Waals surface area contributed by atoms with Gasteiger partial charge in [-0.3, -0.25) is 4.90 Å². The van der Waals surface area contributed by atoms with Gasteiger partial charge in [-0.1, -0.05) is 12.2 Å². The maximum Gasteiger partial charge on any atom is 0.161 e. The lowest BCUT2D eigenvalue weighted by molar-refractivity contribution is -0.0146. The molecule has 0 radical (unpaired) electrons. The largest absolute Gasteiger partial charge is 0.493 e. The fourth-order valence-corrected chi connectivity index (χ4v) is 4.18. The first-order valence-corrected chi connectivity index (χ1v) is 8.96. The van der Waals surface area contributed by atoms with Gasteiger partial charge < -0.3 is 14.6 Å². The average molecular weight is 331 g/mol. The van der Waals surface area contributed by atoms with Gasteiger partial charge in [-0.15, -0.1) is 0 Å². The van der Waals surface area contributed by atoms with E-state index in [2.05, 4.69) is 36.1 Å². The SMILES string of the molecule is C/C=C/CC[C@@H]1CN2CCc3cc(OC)c(OC)cc3[C@H]2C[C@H]1O. The van der Waals surface area contributed by atoms with Crippen LogP contribution in [-0.4, -0.2) is 43.4 Å². The van der Waals surface area contributed by atoms with Crippen LogP contribution in [0.3, 0.4) is 0 Å². The number of methoxy groups -OCH3 is 2. The molecule has 2 aliphatic heterocycles. The molecule has 1 aromatic carbocycles. The Morgan fingerprint density at radius 1 is 1.25 bits per heavy atom. The molecule has 1 N–H and O–H groups in total. The van der Waals surface area contributed by atoms with Gasteiger partial charge in [0.25, 0.3) is 0 Å². The molecule has 0 amide bonds. The third kappa shape index (κ3) is 3.31. The summed E-state index contributed by atoms with van der Waals surface area (Å²) in [6, 6.07) is 4.51. The quantitative estimate of drug-likeness (QED) is 0.840. The Labute approximate surface area is 145 Å². The van der Waals surface area contributed by atoms with Crippen LogP contribution in [0.4, 0.5) is 0 Å². The van der Waals surface area contributed by atoms with Crippen LogP contribution in [0.1, 0.15) is 43.4 Å². The van der Waals surface area contributed by atoms with Crippen molar-refractivity contribution in [3.8, 4) is 11.5 Å². The van der Waals surface area contributed by atoms with Crippen LogP contribution in [-0.2, 0) is 6.42 Å². The number of hydrogen-bond acceptors (Lipinski definition) is 4. The number of benzene rings is 1. The summed E-state index contributed by atoms with van der Waals surface area (Å²) in [7, 11) is 3.36. The van der Waals surface area contributed by atoms with Crippen LogP contribution in [0, 0.1) is 5.92 Å². The number of hydrogen-bond donors (Lipinski definition) is 1. The fraction of sp³-hybridized carbons (Fsp3) is 0.600. The van der Waals surface area contributed by atoms with Gasteiger partial charge in [0.05, 0.1) is 20.3 Å². The van der Waals surface area contributed by atoms with Crippen molar-refractivity contribution in [1.29, 1.82) is 0 Å². The molecule has 1 fully saturated rings. The summed E-state index contributed by atoms with van der Waals surface area (Å²) < 4.78 is 10.9. The van der Waals surface area contributed by atoms with E-state index in [1.54, 1.807) is 14.2 Å². The molecule has 4 nitrogen and oxygen atoms in total. The van der Waals surface area contributed by atoms with Crippen LogP contribution < -0.4 is 9.47 Å². The fourth-order valence-electron chi connectivity index (χ4n) is 4.18. The van der Waals surface area contributed by atoms with Gasteiger partial charge in [0.1, 0.15) is 0 Å². The molecule has 24 heavy (non-hydrogen) atoms. The van der Waals surface area contributed by atoms with E-state index < -0.39 is 0 Å². The van der Waals surface area contributed by atoms with E-state index in [0.717, 1.165) is 50.3 Å². The normalized spacial score (nSPS) is 26.9. The van der Waals surface area contributed by atoms with Gasteiger partial charge in [0.2, 0.25) is 0 Å². The van der Waals surface area contributed by atoms with Crippen LogP contribution in [0.2, 0.25) is 0 Å². The first-order valence-electron chi connectivity index (χ1n) is 8.96. The Kier molecular flexibility index (Phi) is 5.47. The van der Waals surface area contributed by atoms with Crippen molar-refractivity contribution in [2.75, 3.05) is 27.3 Å². The van der Waals surface area contributed by atoms with E-state index in [0.29, 0.717) is 12.0 Å². The second-order valence-electron chi connectivity index (χ2n) is 6.88. The van der Waals surface area contributed by atoms with Crippen LogP contribution >= 0.6 is 0 Å². The van der Waals surface area contributed by atoms with Gasteiger partial charge in [0.15, 0.2) is 11.5 Å². The molecule has 0 aromatic heterocycles. The standard InChI is InChI=1S/C20H29NO3/c1-4-5-6-7-15-13-21-9-8-14-10-19(23-2)20(24-3)11-16(14)17(21)12-18(15)22/h4-5,10-11,15,17-18,22H,6-9,12-13H2,1-3H3/b5-4+/t15-,17-,18-/m1/s1. The Morgan fingerprint density at radius 2 is 2.00 bits per heavy atom. The van der Waals surface area contributed by atoms with Crippen LogP contribution in [0.5, 0.6) is 11.5 Å². The van der Waals surface area contributed by atoms with Crippen molar-refractivity contribution in [1.82, 2.24) is 4.90 Å². The minimum atomic E-state index is -0.226. The lowest BCUT2D eigenvalue weighted by Crippen LogP contribution is -2.47. The minimum absolute atomic E-state index is 0.226. The van der Waals surface area contributed by atoms with Crippen LogP contribution in [0.25, 0.3) is 0 Å². The van der Waals surface area contributed by atoms with E-state index >= 15 is 0 Å². The summed E-state index contributed by atoms with van der Waals surface area (Å²) in [6.07, 6.45) is 8.02. The molecule has 3 rings (SSSR count). The summed E-state index contributed by atoms with van der Waals surface area (Å²) in [5.74, 6) is 1.95. The molecule has 0 aliphatic carbocycles. The van der Waals surface area contributed by atoms with Gasteiger partial charge in [-0.25, -0.2) is 0 Å². The van der Waals surface area contributed by atoms with E-state index in [4.69, 9.17) is 9.47 Å². The van der Waals surface area contributed by atoms with Crippen molar-refractivity contribution < 1.29 is 14.6 Å². The zero-order valence-corrected chi connectivity index (χ0v) is 15.0. The Hall–Kier alpha value is -1.52. The van der Waals surface area contributed by atoms with E-state index in [1.807, 2.05) is 0 Å². The molecule has 0 unspecified atom stereocenters. The molecular weight excluding hydrogens is 302 g/mol. The molecule has 1 saturated heterocycles. The monoisotopic (exact) mass is 331 g/mol. The van der Waals surface area contributed by atoms with Gasteiger partial charge in [-0.05, 0) is 61.8 Å². The highest BCUT2D eigenvalue weighted by Gasteiger charge is 2.38. The average Bonchev–Trinajstić information content (AvgIpc) is 2.61. The Morgan fingerprint density at radius 3 is 2.71 bits per heavy atom. The topological polar surface area (TPSA) is 41.9 Å². The zero-order valence-electron chi connectivity index (χ0n) is 15.0.